The van der Waals surface area contributed by atoms with Gasteiger partial charge in [-0.3, -0.25) is 4.68 Å². The summed E-state index contributed by atoms with van der Waals surface area (Å²) in [5.74, 6) is 2.85. The van der Waals surface area contributed by atoms with E-state index in [0.717, 1.165) is 41.6 Å². The normalized spacial score (nSPS) is 30.4. The van der Waals surface area contributed by atoms with Crippen LogP contribution in [-0.4, -0.2) is 22.4 Å². The Labute approximate surface area is 120 Å². The lowest BCUT2D eigenvalue weighted by Crippen LogP contribution is -2.34. The van der Waals surface area contributed by atoms with Crippen LogP contribution in [0, 0.1) is 24.7 Å². The van der Waals surface area contributed by atoms with E-state index in [1.165, 1.54) is 24.8 Å². The van der Waals surface area contributed by atoms with Crippen molar-refractivity contribution in [2.45, 2.75) is 45.6 Å². The third kappa shape index (κ3) is 2.31. The highest BCUT2D eigenvalue weighted by Gasteiger charge is 2.55. The molecule has 1 heterocycles. The predicted octanol–water partition coefficient (Wildman–Crippen LogP) is 2.95. The summed E-state index contributed by atoms with van der Waals surface area (Å²) in [6.45, 7) is 5.30. The van der Waals surface area contributed by atoms with E-state index in [9.17, 15) is 0 Å². The Morgan fingerprint density at radius 1 is 1.42 bits per heavy atom. The molecule has 0 spiro atoms. The molecule has 1 N–H and O–H groups in total. The van der Waals surface area contributed by atoms with Gasteiger partial charge in [0.2, 0.25) is 0 Å². The molecule has 3 nitrogen and oxygen atoms in total. The quantitative estimate of drug-likeness (QED) is 0.899. The van der Waals surface area contributed by atoms with E-state index < -0.39 is 0 Å². The summed E-state index contributed by atoms with van der Waals surface area (Å²) in [6.07, 6.45) is 5.36. The van der Waals surface area contributed by atoms with Gasteiger partial charge in [-0.15, -0.1) is 0 Å². The van der Waals surface area contributed by atoms with E-state index in [1.54, 1.807) is 4.68 Å². The summed E-state index contributed by atoms with van der Waals surface area (Å²) in [6, 6.07) is 0.584. The van der Waals surface area contributed by atoms with Crippen molar-refractivity contribution in [2.24, 2.45) is 24.8 Å². The average molecular weight is 282 g/mol. The largest absolute Gasteiger partial charge is 0.314 e. The molecule has 0 amide bonds. The number of hydrogen-bond donors (Lipinski definition) is 1. The Morgan fingerprint density at radius 2 is 2.11 bits per heavy atom. The lowest BCUT2D eigenvalue weighted by molar-refractivity contribution is 0.410. The van der Waals surface area contributed by atoms with Gasteiger partial charge in [-0.25, -0.2) is 0 Å². The number of fused-ring (bicyclic) bond motifs is 1. The van der Waals surface area contributed by atoms with Gasteiger partial charge in [0, 0.05) is 18.7 Å². The van der Waals surface area contributed by atoms with E-state index >= 15 is 0 Å². The summed E-state index contributed by atoms with van der Waals surface area (Å²) in [5.41, 5.74) is 2.32. The van der Waals surface area contributed by atoms with Crippen LogP contribution in [0.4, 0.5) is 0 Å². The lowest BCUT2D eigenvalue weighted by Gasteiger charge is -2.20. The number of aromatic nitrogens is 2. The van der Waals surface area contributed by atoms with Crippen LogP contribution in [0.25, 0.3) is 0 Å². The topological polar surface area (TPSA) is 29.9 Å². The van der Waals surface area contributed by atoms with Crippen LogP contribution in [-0.2, 0) is 13.5 Å². The van der Waals surface area contributed by atoms with Crippen molar-refractivity contribution in [3.05, 3.63) is 16.4 Å². The number of rotatable bonds is 5. The first-order valence-electron chi connectivity index (χ1n) is 7.54. The molecular formula is C15H24ClN3. The molecule has 0 bridgehead atoms. The highest BCUT2D eigenvalue weighted by molar-refractivity contribution is 6.30. The third-order valence-electron chi connectivity index (χ3n) is 5.10. The van der Waals surface area contributed by atoms with Crippen LogP contribution in [0.3, 0.4) is 0 Å². The SMILES string of the molecule is CCNC(Cc1c(C)nn(C)c1Cl)C1C2CCCC21. The van der Waals surface area contributed by atoms with Crippen molar-refractivity contribution in [2.75, 3.05) is 6.54 Å². The summed E-state index contributed by atoms with van der Waals surface area (Å²) in [4.78, 5) is 0. The fourth-order valence-electron chi connectivity index (χ4n) is 4.21. The molecule has 4 heteroatoms. The molecule has 2 aliphatic rings. The Balaban J connectivity index is 1.74. The molecule has 1 aromatic rings. The van der Waals surface area contributed by atoms with Crippen molar-refractivity contribution in [1.82, 2.24) is 15.1 Å². The fraction of sp³-hybridized carbons (Fsp3) is 0.800. The zero-order valence-electron chi connectivity index (χ0n) is 12.1. The van der Waals surface area contributed by atoms with Crippen LogP contribution < -0.4 is 5.32 Å². The Morgan fingerprint density at radius 3 is 2.63 bits per heavy atom. The van der Waals surface area contributed by atoms with Crippen molar-refractivity contribution < 1.29 is 0 Å². The van der Waals surface area contributed by atoms with Gasteiger partial charge in [-0.05, 0) is 50.5 Å². The van der Waals surface area contributed by atoms with Gasteiger partial charge in [-0.1, -0.05) is 24.9 Å². The fourth-order valence-corrected chi connectivity index (χ4v) is 4.46. The number of nitrogens with one attached hydrogen (secondary N) is 1. The summed E-state index contributed by atoms with van der Waals surface area (Å²) >= 11 is 6.38. The van der Waals surface area contributed by atoms with Gasteiger partial charge in [0.05, 0.1) is 5.69 Å². The third-order valence-corrected chi connectivity index (χ3v) is 5.57. The first kappa shape index (κ1) is 13.4. The highest BCUT2D eigenvalue weighted by Crippen LogP contribution is 2.59. The second-order valence-corrected chi connectivity index (χ2v) is 6.54. The predicted molar refractivity (Wildman–Crippen MR) is 78.4 cm³/mol. The first-order valence-corrected chi connectivity index (χ1v) is 7.92. The number of hydrogen-bond acceptors (Lipinski definition) is 2. The molecule has 1 aromatic heterocycles. The number of halogens is 1. The summed E-state index contributed by atoms with van der Waals surface area (Å²) in [5, 5.41) is 8.93. The second kappa shape index (κ2) is 5.10. The molecule has 2 fully saturated rings. The van der Waals surface area contributed by atoms with E-state index in [4.69, 9.17) is 11.6 Å². The van der Waals surface area contributed by atoms with E-state index in [0.29, 0.717) is 6.04 Å². The van der Waals surface area contributed by atoms with Crippen LogP contribution in [0.1, 0.15) is 37.4 Å². The first-order chi connectivity index (χ1) is 9.13. The van der Waals surface area contributed by atoms with Crippen molar-refractivity contribution >= 4 is 11.6 Å². The van der Waals surface area contributed by atoms with Gasteiger partial charge in [0.25, 0.3) is 0 Å². The molecule has 0 aromatic carbocycles. The molecule has 0 saturated heterocycles. The van der Waals surface area contributed by atoms with Crippen molar-refractivity contribution in [1.29, 1.82) is 0 Å². The molecule has 106 valence electrons. The summed E-state index contributed by atoms with van der Waals surface area (Å²) < 4.78 is 1.79. The molecule has 0 radical (unpaired) electrons. The monoisotopic (exact) mass is 281 g/mol. The van der Waals surface area contributed by atoms with E-state index in [-0.39, 0.29) is 0 Å². The van der Waals surface area contributed by atoms with Gasteiger partial charge in [-0.2, -0.15) is 5.10 Å². The minimum atomic E-state index is 0.584. The second-order valence-electron chi connectivity index (χ2n) is 6.18. The number of nitrogens with zero attached hydrogens (tertiary/aromatic N) is 2. The summed E-state index contributed by atoms with van der Waals surface area (Å²) in [7, 11) is 1.92. The molecule has 3 rings (SSSR count). The highest BCUT2D eigenvalue weighted by atomic mass is 35.5. The zero-order valence-corrected chi connectivity index (χ0v) is 12.9. The van der Waals surface area contributed by atoms with Gasteiger partial charge < -0.3 is 5.32 Å². The number of aryl methyl sites for hydroxylation is 2. The van der Waals surface area contributed by atoms with E-state index in [1.807, 2.05) is 7.05 Å². The van der Waals surface area contributed by atoms with Crippen LogP contribution in [0.5, 0.6) is 0 Å². The zero-order chi connectivity index (χ0) is 13.6. The minimum Gasteiger partial charge on any atom is -0.314 e. The Bertz CT molecular complexity index is 458. The van der Waals surface area contributed by atoms with E-state index in [2.05, 4.69) is 24.3 Å². The maximum absolute atomic E-state index is 6.38. The van der Waals surface area contributed by atoms with Gasteiger partial charge in [0.1, 0.15) is 5.15 Å². The van der Waals surface area contributed by atoms with Crippen LogP contribution in [0.2, 0.25) is 5.15 Å². The Kier molecular flexibility index (Phi) is 3.61. The lowest BCUT2D eigenvalue weighted by atomic mass is 9.97. The van der Waals surface area contributed by atoms with Gasteiger partial charge in [0.15, 0.2) is 0 Å². The Hall–Kier alpha value is -0.540. The van der Waals surface area contributed by atoms with Crippen LogP contribution in [0.15, 0.2) is 0 Å². The van der Waals surface area contributed by atoms with Crippen LogP contribution >= 0.6 is 11.6 Å². The molecule has 0 aliphatic heterocycles. The smallest absolute Gasteiger partial charge is 0.130 e. The van der Waals surface area contributed by atoms with Gasteiger partial charge >= 0.3 is 0 Å². The standard InChI is InChI=1S/C15H24ClN3/c1-4-17-13(14-10-6-5-7-11(10)14)8-12-9(2)18-19(3)15(12)16/h10-11,13-14,17H,4-8H2,1-3H3. The van der Waals surface area contributed by atoms with Crippen molar-refractivity contribution in [3.63, 3.8) is 0 Å². The number of likely N-dealkylation sites (N-methyl/N-ethyl adjacent to an activating group) is 1. The average Bonchev–Trinajstić information content (AvgIpc) is 2.74. The molecule has 2 aliphatic carbocycles. The minimum absolute atomic E-state index is 0.584. The molecular weight excluding hydrogens is 258 g/mol. The molecule has 3 unspecified atom stereocenters. The molecule has 2 saturated carbocycles. The molecule has 19 heavy (non-hydrogen) atoms. The van der Waals surface area contributed by atoms with Crippen molar-refractivity contribution in [3.8, 4) is 0 Å². The maximum Gasteiger partial charge on any atom is 0.130 e. The maximum atomic E-state index is 6.38. The molecule has 3 atom stereocenters.